The highest BCUT2D eigenvalue weighted by Crippen LogP contribution is 2.28. The summed E-state index contributed by atoms with van der Waals surface area (Å²) in [4.78, 5) is 19.6. The van der Waals surface area contributed by atoms with E-state index in [1.165, 1.54) is 64.7 Å². The molecule has 8 heteroatoms. The number of nitrogens with two attached hydrogens (primary N) is 1. The Morgan fingerprint density at radius 2 is 1.59 bits per heavy atom. The zero-order valence-corrected chi connectivity index (χ0v) is 20.7. The van der Waals surface area contributed by atoms with Crippen molar-refractivity contribution in [2.75, 3.05) is 46.8 Å². The van der Waals surface area contributed by atoms with Crippen LogP contribution in [-0.4, -0.2) is 79.5 Å². The lowest BCUT2D eigenvalue weighted by Crippen LogP contribution is -2.47. The molecule has 2 aliphatic heterocycles. The molecule has 0 radical (unpaired) electrons. The van der Waals surface area contributed by atoms with Gasteiger partial charge in [0.1, 0.15) is 0 Å². The lowest BCUT2D eigenvalue weighted by molar-refractivity contribution is -0.131. The third-order valence-electron chi connectivity index (χ3n) is 7.31. The zero-order chi connectivity index (χ0) is 18.5. The average molecular weight is 474 g/mol. The lowest BCUT2D eigenvalue weighted by Gasteiger charge is -2.41. The van der Waals surface area contributed by atoms with Gasteiger partial charge < -0.3 is 20.4 Å². The van der Waals surface area contributed by atoms with Crippen molar-refractivity contribution in [3.05, 3.63) is 0 Å². The zero-order valence-electron chi connectivity index (χ0n) is 18.3. The first kappa shape index (κ1) is 29.2. The number of piperidine rings is 2. The predicted octanol–water partition coefficient (Wildman–Crippen LogP) is 3.42. The van der Waals surface area contributed by atoms with Crippen molar-refractivity contribution < 1.29 is 4.79 Å². The van der Waals surface area contributed by atoms with Crippen molar-refractivity contribution in [3.63, 3.8) is 0 Å². The van der Waals surface area contributed by atoms with Crippen LogP contribution in [0.4, 0.5) is 0 Å². The molecule has 29 heavy (non-hydrogen) atoms. The highest BCUT2D eigenvalue weighted by molar-refractivity contribution is 5.86. The van der Waals surface area contributed by atoms with Crippen molar-refractivity contribution >= 4 is 43.1 Å². The number of carbonyl (C=O) groups excluding carboxylic acids is 1. The van der Waals surface area contributed by atoms with Crippen LogP contribution in [0.5, 0.6) is 0 Å². The van der Waals surface area contributed by atoms with E-state index in [4.69, 9.17) is 5.73 Å². The van der Waals surface area contributed by atoms with E-state index in [9.17, 15) is 4.79 Å². The second-order valence-corrected chi connectivity index (χ2v) is 9.18. The van der Waals surface area contributed by atoms with Gasteiger partial charge in [-0.3, -0.25) is 4.79 Å². The van der Waals surface area contributed by atoms with Gasteiger partial charge in [0.15, 0.2) is 0 Å². The lowest BCUT2D eigenvalue weighted by atomic mass is 9.91. The molecule has 174 valence electrons. The van der Waals surface area contributed by atoms with Crippen LogP contribution >= 0.6 is 37.2 Å². The largest absolute Gasteiger partial charge is 0.346 e. The molecule has 0 bridgehead atoms. The molecule has 2 saturated heterocycles. The Morgan fingerprint density at radius 1 is 0.966 bits per heavy atom. The first-order valence-electron chi connectivity index (χ1n) is 10.9. The molecule has 0 spiro atoms. The van der Waals surface area contributed by atoms with Crippen LogP contribution in [0.25, 0.3) is 0 Å². The van der Waals surface area contributed by atoms with Gasteiger partial charge in [-0.15, -0.1) is 37.2 Å². The maximum absolute atomic E-state index is 12.5. The molecule has 3 fully saturated rings. The topological polar surface area (TPSA) is 52.8 Å². The number of amides is 1. The fourth-order valence-electron chi connectivity index (χ4n) is 5.17. The van der Waals surface area contributed by atoms with Crippen molar-refractivity contribution in [1.82, 2.24) is 14.7 Å². The first-order valence-corrected chi connectivity index (χ1v) is 10.9. The van der Waals surface area contributed by atoms with Crippen LogP contribution in [0.15, 0.2) is 0 Å². The summed E-state index contributed by atoms with van der Waals surface area (Å²) in [6.45, 7) is 5.94. The summed E-state index contributed by atoms with van der Waals surface area (Å²) in [5.74, 6) is 1.51. The Kier molecular flexibility index (Phi) is 14.4. The molecule has 1 aliphatic carbocycles. The van der Waals surface area contributed by atoms with Crippen LogP contribution in [0.2, 0.25) is 0 Å². The van der Waals surface area contributed by atoms with Crippen LogP contribution in [0, 0.1) is 11.8 Å². The maximum atomic E-state index is 12.5. The summed E-state index contributed by atoms with van der Waals surface area (Å²) in [6, 6.07) is 1.06. The summed E-state index contributed by atoms with van der Waals surface area (Å²) in [5, 5.41) is 0. The summed E-state index contributed by atoms with van der Waals surface area (Å²) in [5.41, 5.74) is 6.12. The van der Waals surface area contributed by atoms with Gasteiger partial charge in [0.2, 0.25) is 5.91 Å². The second kappa shape index (κ2) is 14.3. The molecular weight excluding hydrogens is 431 g/mol. The Labute approximate surface area is 196 Å². The summed E-state index contributed by atoms with van der Waals surface area (Å²) in [7, 11) is 4.22. The fraction of sp³-hybridized carbons (Fsp3) is 0.952. The Hall–Kier alpha value is 0.220. The van der Waals surface area contributed by atoms with Crippen molar-refractivity contribution in [2.24, 2.45) is 17.6 Å². The minimum Gasteiger partial charge on any atom is -0.346 e. The summed E-state index contributed by atoms with van der Waals surface area (Å²) in [6.07, 6.45) is 10.5. The minimum absolute atomic E-state index is 0. The van der Waals surface area contributed by atoms with E-state index in [1.807, 2.05) is 11.9 Å². The predicted molar refractivity (Wildman–Crippen MR) is 129 cm³/mol. The third kappa shape index (κ3) is 8.70. The van der Waals surface area contributed by atoms with Gasteiger partial charge in [-0.1, -0.05) is 6.42 Å². The van der Waals surface area contributed by atoms with E-state index < -0.39 is 0 Å². The monoisotopic (exact) mass is 472 g/mol. The molecule has 3 aliphatic rings. The molecule has 1 saturated carbocycles. The highest BCUT2D eigenvalue weighted by atomic mass is 35.5. The molecular formula is C21H43Cl3N4O. The summed E-state index contributed by atoms with van der Waals surface area (Å²) >= 11 is 0. The smallest absolute Gasteiger partial charge is 0.222 e. The van der Waals surface area contributed by atoms with Gasteiger partial charge in [-0.05, 0) is 90.0 Å². The van der Waals surface area contributed by atoms with E-state index in [0.717, 1.165) is 31.3 Å². The minimum atomic E-state index is 0. The first-order chi connectivity index (χ1) is 12.5. The fourth-order valence-corrected chi connectivity index (χ4v) is 5.17. The number of halogens is 3. The quantitative estimate of drug-likeness (QED) is 0.642. The molecule has 0 aromatic rings. The van der Waals surface area contributed by atoms with Gasteiger partial charge in [0, 0.05) is 32.1 Å². The van der Waals surface area contributed by atoms with Gasteiger partial charge in [-0.2, -0.15) is 0 Å². The van der Waals surface area contributed by atoms with Crippen LogP contribution in [0.1, 0.15) is 57.8 Å². The normalized spacial score (nSPS) is 26.9. The van der Waals surface area contributed by atoms with E-state index in [1.54, 1.807) is 0 Å². The molecule has 3 rings (SSSR count). The molecule has 2 heterocycles. The number of likely N-dealkylation sites (tertiary alicyclic amines) is 2. The van der Waals surface area contributed by atoms with Crippen LogP contribution in [0.3, 0.4) is 0 Å². The number of nitrogens with zero attached hydrogens (tertiary/aromatic N) is 3. The van der Waals surface area contributed by atoms with E-state index >= 15 is 0 Å². The number of rotatable bonds is 6. The van der Waals surface area contributed by atoms with Crippen molar-refractivity contribution in [3.8, 4) is 0 Å². The standard InChI is InChI=1S/C21H40N4O.3ClH/c1-23-11-9-19(10-12-23)25-14-7-17(8-15-25)6-13-24(2)21(26)16-18-4-3-5-20(18)22;;;/h17-20H,3-16,22H2,1-2H3;3*1H/t18-,20+;;;/m0.../s1. The average Bonchev–Trinajstić information content (AvgIpc) is 3.05. The van der Waals surface area contributed by atoms with Gasteiger partial charge >= 0.3 is 0 Å². The number of hydrogen-bond acceptors (Lipinski definition) is 4. The molecule has 0 unspecified atom stereocenters. The number of carbonyl (C=O) groups is 1. The maximum Gasteiger partial charge on any atom is 0.222 e. The Morgan fingerprint density at radius 3 is 2.14 bits per heavy atom. The van der Waals surface area contributed by atoms with E-state index in [2.05, 4.69) is 16.8 Å². The van der Waals surface area contributed by atoms with Crippen molar-refractivity contribution in [2.45, 2.75) is 69.9 Å². The van der Waals surface area contributed by atoms with Gasteiger partial charge in [-0.25, -0.2) is 0 Å². The highest BCUT2D eigenvalue weighted by Gasteiger charge is 2.29. The molecule has 2 atom stereocenters. The second-order valence-electron chi connectivity index (χ2n) is 9.18. The van der Waals surface area contributed by atoms with Crippen molar-refractivity contribution in [1.29, 1.82) is 0 Å². The summed E-state index contributed by atoms with van der Waals surface area (Å²) < 4.78 is 0. The van der Waals surface area contributed by atoms with E-state index in [0.29, 0.717) is 18.2 Å². The number of hydrogen-bond donors (Lipinski definition) is 1. The molecule has 5 nitrogen and oxygen atoms in total. The Balaban J connectivity index is 0.00000261. The van der Waals surface area contributed by atoms with Crippen LogP contribution < -0.4 is 5.73 Å². The Bertz CT molecular complexity index is 455. The molecule has 2 N–H and O–H groups in total. The molecule has 1 amide bonds. The van der Waals surface area contributed by atoms with E-state index in [-0.39, 0.29) is 43.3 Å². The van der Waals surface area contributed by atoms with Gasteiger partial charge in [0.05, 0.1) is 0 Å². The third-order valence-corrected chi connectivity index (χ3v) is 7.31. The van der Waals surface area contributed by atoms with Crippen LogP contribution in [-0.2, 0) is 4.79 Å². The SMILES string of the molecule is CN1CCC(N2CCC(CCN(C)C(=O)C[C@@H]3CCC[C@H]3N)CC2)CC1.Cl.Cl.Cl. The van der Waals surface area contributed by atoms with Gasteiger partial charge in [0.25, 0.3) is 0 Å². The molecule has 0 aromatic heterocycles. The molecule has 0 aromatic carbocycles.